The zero-order valence-corrected chi connectivity index (χ0v) is 10.7. The lowest BCUT2D eigenvalue weighted by Gasteiger charge is -2.40. The molecule has 0 saturated heterocycles. The van der Waals surface area contributed by atoms with Crippen molar-refractivity contribution >= 4 is 17.5 Å². The minimum Gasteiger partial charge on any atom is -0.298 e. The van der Waals surface area contributed by atoms with E-state index in [9.17, 15) is 4.79 Å². The molecule has 0 amide bonds. The van der Waals surface area contributed by atoms with Crippen LogP contribution in [-0.4, -0.2) is 12.0 Å². The van der Waals surface area contributed by atoms with Gasteiger partial charge in [0.05, 0.1) is 17.9 Å². The number of carbonyl (C=O) groups excluding carboxylic acids is 1. The summed E-state index contributed by atoms with van der Waals surface area (Å²) in [4.78, 5) is 13.3. The van der Waals surface area contributed by atoms with Crippen LogP contribution in [0.15, 0.2) is 29.2 Å². The van der Waals surface area contributed by atoms with E-state index in [1.807, 2.05) is 24.5 Å². The number of nitriles is 1. The second kappa shape index (κ2) is 4.93. The molecule has 17 heavy (non-hydrogen) atoms. The van der Waals surface area contributed by atoms with E-state index >= 15 is 0 Å². The minimum atomic E-state index is -0.354. The highest BCUT2D eigenvalue weighted by atomic mass is 32.2. The average molecular weight is 245 g/mol. The molecule has 3 heteroatoms. The molecule has 1 saturated carbocycles. The van der Waals surface area contributed by atoms with Crippen molar-refractivity contribution in [3.05, 3.63) is 29.8 Å². The van der Waals surface area contributed by atoms with Crippen LogP contribution in [-0.2, 0) is 10.2 Å². The number of Topliss-reactive ketones (excluding diaryl/α,β-unsaturated/α-hetero) is 1. The maximum atomic E-state index is 12.1. The van der Waals surface area contributed by atoms with E-state index < -0.39 is 0 Å². The average Bonchev–Trinajstić information content (AvgIpc) is 2.29. The van der Waals surface area contributed by atoms with Gasteiger partial charge in [0.25, 0.3) is 0 Å². The van der Waals surface area contributed by atoms with Crippen LogP contribution in [0.2, 0.25) is 0 Å². The molecule has 88 valence electrons. The molecule has 0 atom stereocenters. The summed E-state index contributed by atoms with van der Waals surface area (Å²) in [7, 11) is 0. The highest BCUT2D eigenvalue weighted by Crippen LogP contribution is 2.45. The van der Waals surface area contributed by atoms with Gasteiger partial charge in [0.15, 0.2) is 5.78 Å². The molecule has 0 N–H and O–H groups in total. The topological polar surface area (TPSA) is 40.9 Å². The largest absolute Gasteiger partial charge is 0.298 e. The molecule has 1 aromatic carbocycles. The SMILES string of the molecule is CSc1ccc(C2(C(=O)CC#N)CCC2)cc1. The summed E-state index contributed by atoms with van der Waals surface area (Å²) < 4.78 is 0. The van der Waals surface area contributed by atoms with Gasteiger partial charge in [-0.3, -0.25) is 4.79 Å². The standard InChI is InChI=1S/C14H15NOS/c1-17-12-5-3-11(4-6-12)14(8-2-9-14)13(16)7-10-15/h3-6H,2,7-9H2,1H3. The van der Waals surface area contributed by atoms with Crippen molar-refractivity contribution in [3.8, 4) is 6.07 Å². The van der Waals surface area contributed by atoms with Crippen LogP contribution < -0.4 is 0 Å². The number of ketones is 1. The summed E-state index contributed by atoms with van der Waals surface area (Å²) in [6.45, 7) is 0. The first-order chi connectivity index (χ1) is 8.23. The Hall–Kier alpha value is -1.27. The van der Waals surface area contributed by atoms with Crippen molar-refractivity contribution in [2.24, 2.45) is 0 Å². The molecule has 0 spiro atoms. The van der Waals surface area contributed by atoms with E-state index in [4.69, 9.17) is 5.26 Å². The Morgan fingerprint density at radius 2 is 2.06 bits per heavy atom. The highest BCUT2D eigenvalue weighted by molar-refractivity contribution is 7.98. The monoisotopic (exact) mass is 245 g/mol. The van der Waals surface area contributed by atoms with Gasteiger partial charge in [-0.2, -0.15) is 5.26 Å². The van der Waals surface area contributed by atoms with Gasteiger partial charge in [0.1, 0.15) is 0 Å². The van der Waals surface area contributed by atoms with E-state index in [0.29, 0.717) is 0 Å². The Kier molecular flexibility index (Phi) is 3.54. The first-order valence-corrected chi connectivity index (χ1v) is 7.00. The summed E-state index contributed by atoms with van der Waals surface area (Å²) in [5.41, 5.74) is 0.731. The maximum absolute atomic E-state index is 12.1. The second-order valence-corrected chi connectivity index (χ2v) is 5.30. The number of nitrogens with zero attached hydrogens (tertiary/aromatic N) is 1. The molecule has 1 aliphatic rings. The number of hydrogen-bond acceptors (Lipinski definition) is 3. The summed E-state index contributed by atoms with van der Waals surface area (Å²) >= 11 is 1.70. The predicted molar refractivity (Wildman–Crippen MR) is 69.0 cm³/mol. The third-order valence-corrected chi connectivity index (χ3v) is 4.37. The Labute approximate surface area is 106 Å². The van der Waals surface area contributed by atoms with Gasteiger partial charge in [-0.05, 0) is 36.8 Å². The number of thioether (sulfide) groups is 1. The first-order valence-electron chi connectivity index (χ1n) is 5.78. The van der Waals surface area contributed by atoms with E-state index in [-0.39, 0.29) is 17.6 Å². The molecule has 0 unspecified atom stereocenters. The van der Waals surface area contributed by atoms with Crippen molar-refractivity contribution < 1.29 is 4.79 Å². The number of rotatable bonds is 4. The van der Waals surface area contributed by atoms with Crippen molar-refractivity contribution in [2.75, 3.05) is 6.26 Å². The summed E-state index contributed by atoms with van der Waals surface area (Å²) in [6, 6.07) is 10.2. The van der Waals surface area contributed by atoms with Crippen LogP contribution in [0.25, 0.3) is 0 Å². The van der Waals surface area contributed by atoms with Gasteiger partial charge in [0.2, 0.25) is 0 Å². The zero-order valence-electron chi connectivity index (χ0n) is 9.90. The summed E-state index contributed by atoms with van der Waals surface area (Å²) in [5, 5.41) is 8.67. The lowest BCUT2D eigenvalue weighted by molar-refractivity contribution is -0.126. The van der Waals surface area contributed by atoms with Crippen molar-refractivity contribution in [1.82, 2.24) is 0 Å². The fraction of sp³-hybridized carbons (Fsp3) is 0.429. The van der Waals surface area contributed by atoms with Crippen LogP contribution >= 0.6 is 11.8 Å². The third-order valence-electron chi connectivity index (χ3n) is 3.62. The Morgan fingerprint density at radius 1 is 1.41 bits per heavy atom. The molecular formula is C14H15NOS. The fourth-order valence-electron chi connectivity index (χ4n) is 2.41. The second-order valence-electron chi connectivity index (χ2n) is 4.42. The first kappa shape index (κ1) is 12.2. The normalized spacial score (nSPS) is 16.9. The number of benzene rings is 1. The van der Waals surface area contributed by atoms with Crippen LogP contribution in [0.5, 0.6) is 0 Å². The minimum absolute atomic E-state index is 0.0320. The molecule has 1 aromatic rings. The Morgan fingerprint density at radius 3 is 2.47 bits per heavy atom. The molecule has 0 aromatic heterocycles. The fourth-order valence-corrected chi connectivity index (χ4v) is 2.82. The molecule has 0 aliphatic heterocycles. The van der Waals surface area contributed by atoms with Crippen LogP contribution in [0.3, 0.4) is 0 Å². The van der Waals surface area contributed by atoms with Crippen molar-refractivity contribution in [2.45, 2.75) is 36.0 Å². The predicted octanol–water partition coefficient (Wildman–Crippen LogP) is 3.31. The third kappa shape index (κ3) is 2.10. The smallest absolute Gasteiger partial charge is 0.157 e. The van der Waals surface area contributed by atoms with Gasteiger partial charge in [0, 0.05) is 4.90 Å². The van der Waals surface area contributed by atoms with Crippen molar-refractivity contribution in [1.29, 1.82) is 5.26 Å². The van der Waals surface area contributed by atoms with Crippen LogP contribution in [0.1, 0.15) is 31.2 Å². The van der Waals surface area contributed by atoms with E-state index in [0.717, 1.165) is 24.8 Å². The van der Waals surface area contributed by atoms with Gasteiger partial charge in [-0.1, -0.05) is 18.6 Å². The van der Waals surface area contributed by atoms with Gasteiger partial charge < -0.3 is 0 Å². The van der Waals surface area contributed by atoms with E-state index in [1.165, 1.54) is 4.90 Å². The lowest BCUT2D eigenvalue weighted by atomic mass is 9.61. The quantitative estimate of drug-likeness (QED) is 0.764. The van der Waals surface area contributed by atoms with Gasteiger partial charge in [-0.25, -0.2) is 0 Å². The van der Waals surface area contributed by atoms with E-state index in [2.05, 4.69) is 12.1 Å². The molecule has 0 radical (unpaired) electrons. The Balaban J connectivity index is 2.28. The van der Waals surface area contributed by atoms with Crippen molar-refractivity contribution in [3.63, 3.8) is 0 Å². The zero-order chi connectivity index (χ0) is 12.3. The van der Waals surface area contributed by atoms with Crippen LogP contribution in [0, 0.1) is 11.3 Å². The number of carbonyl (C=O) groups is 1. The molecule has 0 heterocycles. The van der Waals surface area contributed by atoms with E-state index in [1.54, 1.807) is 11.8 Å². The highest BCUT2D eigenvalue weighted by Gasteiger charge is 2.44. The number of hydrogen-bond donors (Lipinski definition) is 0. The molecule has 2 nitrogen and oxygen atoms in total. The lowest BCUT2D eigenvalue weighted by Crippen LogP contribution is -2.42. The molecule has 2 rings (SSSR count). The molecule has 1 aliphatic carbocycles. The summed E-state index contributed by atoms with van der Waals surface area (Å²) in [5.74, 6) is 0.0863. The summed E-state index contributed by atoms with van der Waals surface area (Å²) in [6.07, 6.45) is 4.94. The molecular weight excluding hydrogens is 230 g/mol. The van der Waals surface area contributed by atoms with Gasteiger partial charge >= 0.3 is 0 Å². The molecule has 0 bridgehead atoms. The molecule has 1 fully saturated rings. The maximum Gasteiger partial charge on any atom is 0.157 e. The van der Waals surface area contributed by atoms with Crippen LogP contribution in [0.4, 0.5) is 0 Å². The van der Waals surface area contributed by atoms with Gasteiger partial charge in [-0.15, -0.1) is 11.8 Å². The Bertz CT molecular complexity index is 454.